The maximum atomic E-state index is 12.9. The zero-order chi connectivity index (χ0) is 12.4. The molecule has 0 unspecified atom stereocenters. The summed E-state index contributed by atoms with van der Waals surface area (Å²) in [5, 5.41) is 0.502. The van der Waals surface area contributed by atoms with Crippen molar-refractivity contribution in [2.75, 3.05) is 0 Å². The van der Waals surface area contributed by atoms with E-state index in [1.807, 2.05) is 0 Å². The van der Waals surface area contributed by atoms with E-state index in [2.05, 4.69) is 36.8 Å². The first-order valence-electron chi connectivity index (χ1n) is 4.50. The summed E-state index contributed by atoms with van der Waals surface area (Å²) in [6, 6.07) is 5.81. The van der Waals surface area contributed by atoms with Crippen LogP contribution in [0, 0.1) is 5.82 Å². The molecule has 2 nitrogen and oxygen atoms in total. The first kappa shape index (κ1) is 12.8. The van der Waals surface area contributed by atoms with Crippen LogP contribution in [-0.2, 0) is 0 Å². The van der Waals surface area contributed by atoms with Gasteiger partial charge in [0.25, 0.3) is 0 Å². The Morgan fingerprint density at radius 1 is 1.18 bits per heavy atom. The fraction of sp³-hybridized carbons (Fsp3) is 0. The van der Waals surface area contributed by atoms with Crippen LogP contribution in [0.1, 0.15) is 0 Å². The largest absolute Gasteiger partial charge is 0.437 e. The third-order valence-electron chi connectivity index (χ3n) is 1.87. The van der Waals surface area contributed by atoms with Gasteiger partial charge in [0.05, 0.1) is 14.0 Å². The van der Waals surface area contributed by atoms with Gasteiger partial charge in [-0.05, 0) is 56.1 Å². The lowest BCUT2D eigenvalue weighted by atomic mass is 10.3. The van der Waals surface area contributed by atoms with Gasteiger partial charge < -0.3 is 4.74 Å². The Balaban J connectivity index is 2.31. The molecule has 0 radical (unpaired) electrons. The number of hydrogen-bond donors (Lipinski definition) is 0. The summed E-state index contributed by atoms with van der Waals surface area (Å²) in [6.45, 7) is 0. The van der Waals surface area contributed by atoms with Crippen LogP contribution < -0.4 is 4.74 Å². The second kappa shape index (κ2) is 5.33. The fourth-order valence-electron chi connectivity index (χ4n) is 1.14. The van der Waals surface area contributed by atoms with Crippen molar-refractivity contribution in [1.82, 2.24) is 4.98 Å². The Morgan fingerprint density at radius 2 is 1.94 bits per heavy atom. The van der Waals surface area contributed by atoms with Crippen LogP contribution >= 0.6 is 43.5 Å². The zero-order valence-electron chi connectivity index (χ0n) is 8.25. The second-order valence-corrected chi connectivity index (χ2v) is 5.26. The van der Waals surface area contributed by atoms with Crippen molar-refractivity contribution in [2.45, 2.75) is 0 Å². The lowest BCUT2D eigenvalue weighted by Gasteiger charge is -2.08. The lowest BCUT2D eigenvalue weighted by Crippen LogP contribution is -1.90. The molecule has 0 saturated carbocycles. The predicted octanol–water partition coefficient (Wildman–Crippen LogP) is 5.19. The summed E-state index contributed by atoms with van der Waals surface area (Å²) in [6.07, 6.45) is 1.47. The van der Waals surface area contributed by atoms with E-state index < -0.39 is 0 Å². The van der Waals surface area contributed by atoms with Crippen molar-refractivity contribution in [3.05, 3.63) is 50.2 Å². The van der Waals surface area contributed by atoms with Gasteiger partial charge in [-0.15, -0.1) is 0 Å². The molecular formula is C11H5Br2ClFNO. The van der Waals surface area contributed by atoms with Crippen molar-refractivity contribution >= 4 is 43.5 Å². The predicted molar refractivity (Wildman–Crippen MR) is 71.1 cm³/mol. The molecule has 1 aromatic carbocycles. The summed E-state index contributed by atoms with van der Waals surface area (Å²) < 4.78 is 19.6. The van der Waals surface area contributed by atoms with Gasteiger partial charge >= 0.3 is 0 Å². The van der Waals surface area contributed by atoms with E-state index in [0.29, 0.717) is 25.6 Å². The van der Waals surface area contributed by atoms with Crippen molar-refractivity contribution in [2.24, 2.45) is 0 Å². The van der Waals surface area contributed by atoms with Crippen molar-refractivity contribution in [3.63, 3.8) is 0 Å². The van der Waals surface area contributed by atoms with E-state index in [9.17, 15) is 4.39 Å². The smallest absolute Gasteiger partial charge is 0.233 e. The number of pyridine rings is 1. The van der Waals surface area contributed by atoms with Crippen LogP contribution in [0.4, 0.5) is 4.39 Å². The number of benzene rings is 1. The molecule has 1 aromatic heterocycles. The highest BCUT2D eigenvalue weighted by atomic mass is 79.9. The summed E-state index contributed by atoms with van der Waals surface area (Å²) in [5.41, 5.74) is 0. The highest BCUT2D eigenvalue weighted by molar-refractivity contribution is 9.11. The average molecular weight is 381 g/mol. The number of halogens is 4. The van der Waals surface area contributed by atoms with E-state index in [4.69, 9.17) is 16.3 Å². The van der Waals surface area contributed by atoms with Crippen LogP contribution in [0.5, 0.6) is 11.6 Å². The molecule has 2 aromatic rings. The SMILES string of the molecule is Fc1ccc(Oc2ncc(Cl)cc2Br)c(Br)c1. The molecule has 0 fully saturated rings. The van der Waals surface area contributed by atoms with E-state index >= 15 is 0 Å². The van der Waals surface area contributed by atoms with Gasteiger partial charge in [0.15, 0.2) is 0 Å². The summed E-state index contributed by atoms with van der Waals surface area (Å²) in [5.74, 6) is 0.496. The monoisotopic (exact) mass is 379 g/mol. The average Bonchev–Trinajstić information content (AvgIpc) is 2.25. The highest BCUT2D eigenvalue weighted by Crippen LogP contribution is 2.33. The van der Waals surface area contributed by atoms with Crippen LogP contribution in [0.15, 0.2) is 39.4 Å². The zero-order valence-corrected chi connectivity index (χ0v) is 12.2. The molecule has 0 spiro atoms. The maximum absolute atomic E-state index is 12.9. The normalized spacial score (nSPS) is 10.4. The fourth-order valence-corrected chi connectivity index (χ4v) is 2.29. The molecule has 0 amide bonds. The van der Waals surface area contributed by atoms with E-state index in [1.54, 1.807) is 6.07 Å². The lowest BCUT2D eigenvalue weighted by molar-refractivity contribution is 0.455. The van der Waals surface area contributed by atoms with Gasteiger partial charge in [-0.2, -0.15) is 0 Å². The maximum Gasteiger partial charge on any atom is 0.233 e. The minimum Gasteiger partial charge on any atom is -0.437 e. The molecule has 1 heterocycles. The Morgan fingerprint density at radius 3 is 2.59 bits per heavy atom. The first-order chi connectivity index (χ1) is 8.06. The number of aromatic nitrogens is 1. The molecule has 0 aliphatic rings. The Labute approximate surface area is 119 Å². The van der Waals surface area contributed by atoms with E-state index in [-0.39, 0.29) is 5.82 Å². The van der Waals surface area contributed by atoms with Crippen molar-refractivity contribution < 1.29 is 9.13 Å². The molecule has 6 heteroatoms. The molecule has 0 bridgehead atoms. The summed E-state index contributed by atoms with van der Waals surface area (Å²) >= 11 is 12.3. The molecule has 0 aliphatic carbocycles. The van der Waals surface area contributed by atoms with Crippen LogP contribution in [0.2, 0.25) is 5.02 Å². The minimum absolute atomic E-state index is 0.340. The highest BCUT2D eigenvalue weighted by Gasteiger charge is 2.08. The molecule has 0 aliphatic heterocycles. The van der Waals surface area contributed by atoms with Crippen LogP contribution in [-0.4, -0.2) is 4.98 Å². The van der Waals surface area contributed by atoms with Gasteiger partial charge in [-0.25, -0.2) is 9.37 Å². The molecule has 0 atom stereocenters. The molecule has 88 valence electrons. The number of ether oxygens (including phenoxy) is 1. The third-order valence-corrected chi connectivity index (χ3v) is 3.27. The Bertz CT molecular complexity index is 516. The number of rotatable bonds is 2. The van der Waals surface area contributed by atoms with Gasteiger partial charge in [0.1, 0.15) is 11.6 Å². The third kappa shape index (κ3) is 3.18. The molecule has 2 rings (SSSR count). The quantitative estimate of drug-likeness (QED) is 0.714. The summed E-state index contributed by atoms with van der Waals surface area (Å²) in [7, 11) is 0. The second-order valence-electron chi connectivity index (χ2n) is 3.12. The Hall–Kier alpha value is -0.650. The summed E-state index contributed by atoms with van der Waals surface area (Å²) in [4.78, 5) is 4.02. The molecule has 0 N–H and O–H groups in total. The number of hydrogen-bond acceptors (Lipinski definition) is 2. The van der Waals surface area contributed by atoms with Gasteiger partial charge in [-0.3, -0.25) is 0 Å². The van der Waals surface area contributed by atoms with Gasteiger partial charge in [0.2, 0.25) is 5.88 Å². The molecule has 0 saturated heterocycles. The van der Waals surface area contributed by atoms with Crippen molar-refractivity contribution in [1.29, 1.82) is 0 Å². The molecule has 17 heavy (non-hydrogen) atoms. The number of nitrogens with zero attached hydrogens (tertiary/aromatic N) is 1. The standard InChI is InChI=1S/C11H5Br2ClFNO/c12-8-4-7(15)1-2-10(8)17-11-9(13)3-6(14)5-16-11/h1-5H. The van der Waals surface area contributed by atoms with E-state index in [0.717, 1.165) is 0 Å². The molecular weight excluding hydrogens is 376 g/mol. The van der Waals surface area contributed by atoms with Crippen LogP contribution in [0.3, 0.4) is 0 Å². The minimum atomic E-state index is -0.340. The van der Waals surface area contributed by atoms with Crippen LogP contribution in [0.25, 0.3) is 0 Å². The van der Waals surface area contributed by atoms with Crippen molar-refractivity contribution in [3.8, 4) is 11.6 Å². The topological polar surface area (TPSA) is 22.1 Å². The van der Waals surface area contributed by atoms with Gasteiger partial charge in [0, 0.05) is 6.20 Å². The van der Waals surface area contributed by atoms with Gasteiger partial charge in [-0.1, -0.05) is 11.6 Å². The Kier molecular flexibility index (Phi) is 4.01. The first-order valence-corrected chi connectivity index (χ1v) is 6.46. The van der Waals surface area contributed by atoms with E-state index in [1.165, 1.54) is 24.4 Å².